The zero-order chi connectivity index (χ0) is 42.2. The second kappa shape index (κ2) is 17.4. The van der Waals surface area contributed by atoms with Gasteiger partial charge in [-0.15, -0.1) is 0 Å². The summed E-state index contributed by atoms with van der Waals surface area (Å²) in [6.45, 7) is 6.14. The van der Waals surface area contributed by atoms with Gasteiger partial charge in [0.15, 0.2) is 11.2 Å². The van der Waals surface area contributed by atoms with E-state index < -0.39 is 67.7 Å². The largest absolute Gasteiger partial charge is 0.423 e. The lowest BCUT2D eigenvalue weighted by Gasteiger charge is -2.19. The molecule has 2 atom stereocenters. The van der Waals surface area contributed by atoms with Gasteiger partial charge in [0.2, 0.25) is 0 Å². The first kappa shape index (κ1) is 44.0. The predicted molar refractivity (Wildman–Crippen MR) is 195 cm³/mol. The fourth-order valence-corrected chi connectivity index (χ4v) is 4.54. The lowest BCUT2D eigenvalue weighted by molar-refractivity contribution is -0.388. The van der Waals surface area contributed by atoms with Crippen molar-refractivity contribution in [3.8, 4) is 0 Å². The van der Waals surface area contributed by atoms with Gasteiger partial charge in [0.25, 0.3) is 23.2 Å². The van der Waals surface area contributed by atoms with Gasteiger partial charge in [-0.2, -0.15) is 26.3 Å². The van der Waals surface area contributed by atoms with Crippen LogP contribution in [-0.4, -0.2) is 43.1 Å². The second-order valence-electron chi connectivity index (χ2n) is 12.7. The molecule has 0 spiro atoms. The summed E-state index contributed by atoms with van der Waals surface area (Å²) >= 11 is 0. The fourth-order valence-electron chi connectivity index (χ4n) is 4.54. The summed E-state index contributed by atoms with van der Waals surface area (Å²) in [5.41, 5.74) is -6.46. The van der Waals surface area contributed by atoms with Gasteiger partial charge in [-0.1, -0.05) is 71.8 Å². The third kappa shape index (κ3) is 12.3. The number of aryl methyl sites for hydroxylation is 2. The number of nitro groups is 2. The van der Waals surface area contributed by atoms with Crippen LogP contribution in [0, 0.1) is 34.1 Å². The van der Waals surface area contributed by atoms with Crippen molar-refractivity contribution in [3.05, 3.63) is 151 Å². The number of aliphatic hydroxyl groups is 2. The smallest absolute Gasteiger partial charge is 0.376 e. The molecule has 4 aromatic rings. The maximum absolute atomic E-state index is 13.0. The lowest BCUT2D eigenvalue weighted by Crippen LogP contribution is -2.38. The first-order valence-electron chi connectivity index (χ1n) is 16.1. The van der Waals surface area contributed by atoms with E-state index in [0.29, 0.717) is 35.4 Å². The summed E-state index contributed by atoms with van der Waals surface area (Å²) in [6.07, 6.45) is -4.56. The van der Waals surface area contributed by atoms with Crippen molar-refractivity contribution < 1.29 is 56.0 Å². The van der Waals surface area contributed by atoms with Gasteiger partial charge in [0.1, 0.15) is 11.1 Å². The Morgan fingerprint density at radius 1 is 0.589 bits per heavy atom. The second-order valence-corrected chi connectivity index (χ2v) is 12.7. The molecule has 296 valence electrons. The normalized spacial score (nSPS) is 13.9. The van der Waals surface area contributed by atoms with E-state index in [1.165, 1.54) is 38.2 Å². The van der Waals surface area contributed by atoms with E-state index in [4.69, 9.17) is 0 Å². The van der Waals surface area contributed by atoms with Crippen molar-refractivity contribution in [1.29, 1.82) is 0 Å². The van der Waals surface area contributed by atoms with Gasteiger partial charge in [0, 0.05) is 23.5 Å². The Balaban J connectivity index is 0.000000300. The average Bonchev–Trinajstić information content (AvgIpc) is 3.10. The summed E-state index contributed by atoms with van der Waals surface area (Å²) in [4.78, 5) is 43.8. The fraction of sp³-hybridized carbons (Fsp3) is 0.211. The van der Waals surface area contributed by atoms with E-state index in [0.717, 1.165) is 23.3 Å². The highest BCUT2D eigenvalue weighted by molar-refractivity contribution is 5.99. The maximum Gasteiger partial charge on any atom is 0.423 e. The maximum atomic E-state index is 13.0. The van der Waals surface area contributed by atoms with Gasteiger partial charge >= 0.3 is 12.4 Å². The number of nitrogens with zero attached hydrogens (tertiary/aromatic N) is 2. The molecule has 0 aliphatic carbocycles. The van der Waals surface area contributed by atoms with Crippen LogP contribution in [-0.2, 0) is 21.9 Å². The number of rotatable bonds is 10. The molecule has 2 amide bonds. The third-order valence-corrected chi connectivity index (χ3v) is 7.79. The van der Waals surface area contributed by atoms with Gasteiger partial charge in [-0.3, -0.25) is 29.8 Å². The predicted octanol–water partition coefficient (Wildman–Crippen LogP) is 8.65. The minimum Gasteiger partial charge on any atom is -0.376 e. The number of hydrogen-bond acceptors (Lipinski definition) is 8. The number of anilines is 2. The standard InChI is InChI=1S/2C19H17F3N2O4/c2*1-12-3-5-13(6-4-12)9-10-18(2,26)17(25)23-14-7-8-16(24(27)28)15(11-14)19(20,21)22/h2*3-11,26H,1-2H3,(H,23,25)/b10-9+;10-9-/t2*18-/m00/s1. The summed E-state index contributed by atoms with van der Waals surface area (Å²) in [5, 5.41) is 46.4. The van der Waals surface area contributed by atoms with Crippen LogP contribution in [0.15, 0.2) is 97.1 Å². The van der Waals surface area contributed by atoms with Gasteiger partial charge in [0.05, 0.1) is 9.85 Å². The van der Waals surface area contributed by atoms with Crippen molar-refractivity contribution in [1.82, 2.24) is 0 Å². The molecule has 12 nitrogen and oxygen atoms in total. The van der Waals surface area contributed by atoms with Crippen molar-refractivity contribution in [2.75, 3.05) is 10.6 Å². The molecule has 4 rings (SSSR count). The number of carbonyl (C=O) groups excluding carboxylic acids is 2. The van der Waals surface area contributed by atoms with Crippen molar-refractivity contribution in [2.24, 2.45) is 0 Å². The molecule has 56 heavy (non-hydrogen) atoms. The van der Waals surface area contributed by atoms with E-state index in [1.807, 2.05) is 38.1 Å². The van der Waals surface area contributed by atoms with Crippen LogP contribution in [0.5, 0.6) is 0 Å². The highest BCUT2D eigenvalue weighted by Gasteiger charge is 2.40. The number of nitro benzene ring substituents is 2. The molecule has 4 aromatic carbocycles. The average molecular weight is 789 g/mol. The Bertz CT molecular complexity index is 1990. The summed E-state index contributed by atoms with van der Waals surface area (Å²) in [7, 11) is 0. The van der Waals surface area contributed by atoms with E-state index in [2.05, 4.69) is 10.6 Å². The Hall–Kier alpha value is -6.40. The summed E-state index contributed by atoms with van der Waals surface area (Å²) in [5.74, 6) is -1.98. The monoisotopic (exact) mass is 788 g/mol. The van der Waals surface area contributed by atoms with E-state index in [1.54, 1.807) is 24.3 Å². The van der Waals surface area contributed by atoms with Crippen molar-refractivity contribution >= 4 is 46.7 Å². The van der Waals surface area contributed by atoms with E-state index in [9.17, 15) is 66.4 Å². The zero-order valence-corrected chi connectivity index (χ0v) is 29.9. The number of nitrogens with one attached hydrogen (secondary N) is 2. The third-order valence-electron chi connectivity index (χ3n) is 7.79. The van der Waals surface area contributed by atoms with Crippen LogP contribution in [0.1, 0.15) is 47.2 Å². The van der Waals surface area contributed by atoms with Crippen molar-refractivity contribution in [3.63, 3.8) is 0 Å². The van der Waals surface area contributed by atoms with Crippen LogP contribution < -0.4 is 10.6 Å². The Labute approximate surface area is 315 Å². The van der Waals surface area contributed by atoms with E-state index >= 15 is 0 Å². The molecule has 0 radical (unpaired) electrons. The first-order chi connectivity index (χ1) is 25.8. The van der Waals surface area contributed by atoms with Crippen LogP contribution >= 0.6 is 0 Å². The molecule has 0 saturated carbocycles. The number of carbonyl (C=O) groups is 2. The molecule has 0 bridgehead atoms. The molecule has 4 N–H and O–H groups in total. The quantitative estimate of drug-likeness (QED) is 0.0699. The van der Waals surface area contributed by atoms with Crippen LogP contribution in [0.4, 0.5) is 49.1 Å². The molecule has 0 aliphatic heterocycles. The molecule has 0 unspecified atom stereocenters. The summed E-state index contributed by atoms with van der Waals surface area (Å²) in [6, 6.07) is 18.6. The van der Waals surface area contributed by atoms with E-state index in [-0.39, 0.29) is 11.4 Å². The number of halogens is 6. The highest BCUT2D eigenvalue weighted by atomic mass is 19.4. The minimum absolute atomic E-state index is 0.327. The lowest BCUT2D eigenvalue weighted by atomic mass is 10.0. The molecule has 0 fully saturated rings. The van der Waals surface area contributed by atoms with Gasteiger partial charge in [-0.05, 0) is 75.2 Å². The minimum atomic E-state index is -4.98. The van der Waals surface area contributed by atoms with Crippen LogP contribution in [0.2, 0.25) is 0 Å². The zero-order valence-electron chi connectivity index (χ0n) is 29.9. The Morgan fingerprint density at radius 2 is 0.893 bits per heavy atom. The molecular formula is C38H34F6N4O8. The molecule has 0 saturated heterocycles. The van der Waals surface area contributed by atoms with Gasteiger partial charge in [-0.25, -0.2) is 0 Å². The van der Waals surface area contributed by atoms with Crippen molar-refractivity contribution in [2.45, 2.75) is 51.2 Å². The van der Waals surface area contributed by atoms with Crippen LogP contribution in [0.3, 0.4) is 0 Å². The molecular weight excluding hydrogens is 754 g/mol. The number of hydrogen-bond donors (Lipinski definition) is 4. The molecule has 0 aliphatic rings. The topological polar surface area (TPSA) is 185 Å². The van der Waals surface area contributed by atoms with Crippen LogP contribution in [0.25, 0.3) is 12.2 Å². The Kier molecular flexibility index (Phi) is 13.7. The van der Waals surface area contributed by atoms with Gasteiger partial charge < -0.3 is 20.8 Å². The number of alkyl halides is 6. The number of amides is 2. The first-order valence-corrected chi connectivity index (χ1v) is 16.1. The SMILES string of the molecule is Cc1ccc(/C=C/[C@](C)(O)C(=O)Nc2ccc([N+](=O)[O-])c(C(F)(F)F)c2)cc1.Cc1ccc(/C=C\[C@](C)(O)C(=O)Nc2ccc([N+](=O)[O-])c(C(F)(F)F)c2)cc1. The Morgan fingerprint density at radius 3 is 1.16 bits per heavy atom. The molecule has 0 heterocycles. The highest BCUT2D eigenvalue weighted by Crippen LogP contribution is 2.39. The molecule has 18 heteroatoms. The summed E-state index contributed by atoms with van der Waals surface area (Å²) < 4.78 is 78.1. The number of benzene rings is 4. The molecule has 0 aromatic heterocycles.